The van der Waals surface area contributed by atoms with Crippen molar-refractivity contribution in [2.24, 2.45) is 0 Å². The normalized spacial score (nSPS) is 20.5. The minimum absolute atomic E-state index is 0.309. The number of benzene rings is 1. The summed E-state index contributed by atoms with van der Waals surface area (Å²) in [5, 5.41) is 9.43. The molecule has 0 aliphatic carbocycles. The Morgan fingerprint density at radius 1 is 1.64 bits per heavy atom. The molecule has 0 amide bonds. The van der Waals surface area contributed by atoms with Crippen LogP contribution in [0.4, 0.5) is 0 Å². The van der Waals surface area contributed by atoms with Crippen LogP contribution in [0.25, 0.3) is 0 Å². The summed E-state index contributed by atoms with van der Waals surface area (Å²) in [6.45, 7) is 3.45. The minimum Gasteiger partial charge on any atom is -0.279 e. The minimum atomic E-state index is 0.309. The van der Waals surface area contributed by atoms with Crippen molar-refractivity contribution in [1.82, 2.24) is 4.90 Å². The summed E-state index contributed by atoms with van der Waals surface area (Å²) in [5.74, 6) is 0. The Morgan fingerprint density at radius 2 is 2.43 bits per heavy atom. The highest BCUT2D eigenvalue weighted by Crippen LogP contribution is 2.34. The van der Waals surface area contributed by atoms with E-state index in [1.807, 2.05) is 18.2 Å². The van der Waals surface area contributed by atoms with Gasteiger partial charge in [-0.15, -0.1) is 0 Å². The van der Waals surface area contributed by atoms with Gasteiger partial charge in [0.1, 0.15) is 0 Å². The van der Waals surface area contributed by atoms with Crippen molar-refractivity contribution in [3.63, 3.8) is 0 Å². The molecule has 0 saturated heterocycles. The van der Waals surface area contributed by atoms with E-state index in [0.29, 0.717) is 12.6 Å². The smallest absolute Gasteiger partial charge is 0.0873 e. The summed E-state index contributed by atoms with van der Waals surface area (Å²) in [4.78, 5) is 2.14. The molecule has 0 bridgehead atoms. The molecule has 0 radical (unpaired) electrons. The van der Waals surface area contributed by atoms with Gasteiger partial charge in [0.15, 0.2) is 0 Å². The van der Waals surface area contributed by atoms with Gasteiger partial charge in [-0.3, -0.25) is 4.90 Å². The van der Waals surface area contributed by atoms with Crippen molar-refractivity contribution >= 4 is 11.6 Å². The van der Waals surface area contributed by atoms with Gasteiger partial charge in [-0.05, 0) is 30.2 Å². The van der Waals surface area contributed by atoms with E-state index in [1.165, 1.54) is 11.1 Å². The number of nitrogens with zero attached hydrogens (tertiary/aromatic N) is 2. The fourth-order valence-electron chi connectivity index (χ4n) is 1.93. The van der Waals surface area contributed by atoms with Gasteiger partial charge in [0.2, 0.25) is 0 Å². The van der Waals surface area contributed by atoms with E-state index in [4.69, 9.17) is 16.9 Å². The maximum Gasteiger partial charge on any atom is 0.0873 e. The third-order valence-corrected chi connectivity index (χ3v) is 2.99. The Bertz CT molecular complexity index is 395. The number of halogens is 1. The second kappa shape index (κ2) is 3.61. The fraction of sp³-hybridized carbons (Fsp3) is 0.364. The Morgan fingerprint density at radius 3 is 3.14 bits per heavy atom. The molecule has 0 saturated carbocycles. The molecule has 1 aliphatic rings. The molecule has 0 N–H and O–H groups in total. The molecular weight excluding hydrogens is 196 g/mol. The molecule has 2 rings (SSSR count). The van der Waals surface area contributed by atoms with Crippen LogP contribution < -0.4 is 0 Å². The SMILES string of the molecule is CC1c2cc(Cl)ccc2CN1CC#N. The van der Waals surface area contributed by atoms with Gasteiger partial charge in [-0.1, -0.05) is 17.7 Å². The van der Waals surface area contributed by atoms with Crippen LogP contribution in [-0.4, -0.2) is 11.4 Å². The first-order chi connectivity index (χ1) is 6.72. The summed E-state index contributed by atoms with van der Waals surface area (Å²) in [6, 6.07) is 8.44. The molecule has 0 fully saturated rings. The van der Waals surface area contributed by atoms with E-state index in [9.17, 15) is 0 Å². The van der Waals surface area contributed by atoms with Crippen LogP contribution in [0, 0.1) is 11.3 Å². The number of hydrogen-bond donors (Lipinski definition) is 0. The Hall–Kier alpha value is -1.04. The topological polar surface area (TPSA) is 27.0 Å². The van der Waals surface area contributed by atoms with Crippen LogP contribution in [0.5, 0.6) is 0 Å². The van der Waals surface area contributed by atoms with Crippen LogP contribution >= 0.6 is 11.6 Å². The summed E-state index contributed by atoms with van der Waals surface area (Å²) in [6.07, 6.45) is 0. The van der Waals surface area contributed by atoms with Gasteiger partial charge in [-0.25, -0.2) is 0 Å². The van der Waals surface area contributed by atoms with E-state index < -0.39 is 0 Å². The Kier molecular flexibility index (Phi) is 2.45. The standard InChI is InChI=1S/C11H11ClN2/c1-8-11-6-10(12)3-2-9(11)7-14(8)5-4-13/h2-3,6,8H,5,7H2,1H3. The van der Waals surface area contributed by atoms with Crippen molar-refractivity contribution in [2.75, 3.05) is 6.54 Å². The number of hydrogen-bond acceptors (Lipinski definition) is 2. The van der Waals surface area contributed by atoms with Gasteiger partial charge >= 0.3 is 0 Å². The number of rotatable bonds is 1. The van der Waals surface area contributed by atoms with Gasteiger partial charge in [-0.2, -0.15) is 5.26 Å². The van der Waals surface area contributed by atoms with Gasteiger partial charge in [0, 0.05) is 17.6 Å². The molecule has 1 aromatic rings. The molecule has 2 nitrogen and oxygen atoms in total. The maximum absolute atomic E-state index is 8.66. The molecule has 14 heavy (non-hydrogen) atoms. The predicted octanol–water partition coefficient (Wildman–Crippen LogP) is 2.74. The molecule has 1 aromatic carbocycles. The highest BCUT2D eigenvalue weighted by molar-refractivity contribution is 6.30. The Labute approximate surface area is 88.7 Å². The molecule has 72 valence electrons. The predicted molar refractivity (Wildman–Crippen MR) is 55.9 cm³/mol. The van der Waals surface area contributed by atoms with Crippen molar-refractivity contribution in [3.05, 3.63) is 34.3 Å². The highest BCUT2D eigenvalue weighted by atomic mass is 35.5. The summed E-state index contributed by atoms with van der Waals surface area (Å²) < 4.78 is 0. The van der Waals surface area contributed by atoms with Crippen LogP contribution in [0.2, 0.25) is 5.02 Å². The van der Waals surface area contributed by atoms with E-state index in [2.05, 4.69) is 17.9 Å². The highest BCUT2D eigenvalue weighted by Gasteiger charge is 2.25. The first-order valence-electron chi connectivity index (χ1n) is 4.61. The zero-order valence-corrected chi connectivity index (χ0v) is 8.75. The van der Waals surface area contributed by atoms with Gasteiger partial charge < -0.3 is 0 Å². The van der Waals surface area contributed by atoms with Crippen molar-refractivity contribution < 1.29 is 0 Å². The molecule has 0 aromatic heterocycles. The van der Waals surface area contributed by atoms with Gasteiger partial charge in [0.25, 0.3) is 0 Å². The molecular formula is C11H11ClN2. The summed E-state index contributed by atoms with van der Waals surface area (Å²) >= 11 is 5.93. The third kappa shape index (κ3) is 1.50. The molecule has 0 spiro atoms. The van der Waals surface area contributed by atoms with Crippen LogP contribution in [0.1, 0.15) is 24.1 Å². The van der Waals surface area contributed by atoms with Crippen molar-refractivity contribution in [1.29, 1.82) is 5.26 Å². The lowest BCUT2D eigenvalue weighted by molar-refractivity contribution is 0.259. The lowest BCUT2D eigenvalue weighted by atomic mass is 10.1. The van der Waals surface area contributed by atoms with E-state index in [1.54, 1.807) is 0 Å². The van der Waals surface area contributed by atoms with Crippen molar-refractivity contribution in [2.45, 2.75) is 19.5 Å². The second-order valence-corrected chi connectivity index (χ2v) is 4.02. The average molecular weight is 207 g/mol. The lowest BCUT2D eigenvalue weighted by Crippen LogP contribution is -2.20. The van der Waals surface area contributed by atoms with Crippen LogP contribution in [-0.2, 0) is 6.54 Å². The molecule has 1 atom stereocenters. The molecule has 1 unspecified atom stereocenters. The molecule has 1 aliphatic heterocycles. The number of nitriles is 1. The van der Waals surface area contributed by atoms with Crippen LogP contribution in [0.3, 0.4) is 0 Å². The Balaban J connectivity index is 2.32. The third-order valence-electron chi connectivity index (χ3n) is 2.75. The largest absolute Gasteiger partial charge is 0.279 e. The number of fused-ring (bicyclic) bond motifs is 1. The monoisotopic (exact) mass is 206 g/mol. The zero-order valence-electron chi connectivity index (χ0n) is 8.00. The first-order valence-corrected chi connectivity index (χ1v) is 4.99. The lowest BCUT2D eigenvalue weighted by Gasteiger charge is -2.17. The maximum atomic E-state index is 8.66. The summed E-state index contributed by atoms with van der Waals surface area (Å²) in [5.41, 5.74) is 2.55. The average Bonchev–Trinajstić information content (AvgIpc) is 2.46. The van der Waals surface area contributed by atoms with Gasteiger partial charge in [0.05, 0.1) is 12.6 Å². The summed E-state index contributed by atoms with van der Waals surface area (Å²) in [7, 11) is 0. The zero-order chi connectivity index (χ0) is 10.1. The molecule has 3 heteroatoms. The fourth-order valence-corrected chi connectivity index (χ4v) is 2.12. The quantitative estimate of drug-likeness (QED) is 0.661. The van der Waals surface area contributed by atoms with E-state index in [0.717, 1.165) is 11.6 Å². The first kappa shape index (κ1) is 9.51. The van der Waals surface area contributed by atoms with Crippen LogP contribution in [0.15, 0.2) is 18.2 Å². The van der Waals surface area contributed by atoms with E-state index in [-0.39, 0.29) is 0 Å². The van der Waals surface area contributed by atoms with E-state index >= 15 is 0 Å². The second-order valence-electron chi connectivity index (χ2n) is 3.58. The molecule has 1 heterocycles. The van der Waals surface area contributed by atoms with Crippen molar-refractivity contribution in [3.8, 4) is 6.07 Å².